The first-order valence-electron chi connectivity index (χ1n) is 4.62. The molecule has 76 valence electrons. The van der Waals surface area contributed by atoms with E-state index in [9.17, 15) is 9.59 Å². The highest BCUT2D eigenvalue weighted by atomic mass is 16.2. The highest BCUT2D eigenvalue weighted by Gasteiger charge is 2.16. The Morgan fingerprint density at radius 3 is 2.31 bits per heavy atom. The van der Waals surface area contributed by atoms with Crippen molar-refractivity contribution in [3.05, 3.63) is 0 Å². The Morgan fingerprint density at radius 1 is 1.38 bits per heavy atom. The molecule has 2 atom stereocenters. The van der Waals surface area contributed by atoms with Gasteiger partial charge in [-0.25, -0.2) is 0 Å². The molecule has 0 spiro atoms. The van der Waals surface area contributed by atoms with Crippen molar-refractivity contribution in [3.8, 4) is 0 Å². The van der Waals surface area contributed by atoms with Crippen LogP contribution in [0, 0.1) is 0 Å². The molecule has 0 bridgehead atoms. The van der Waals surface area contributed by atoms with Crippen molar-refractivity contribution in [2.45, 2.75) is 38.8 Å². The van der Waals surface area contributed by atoms with Gasteiger partial charge in [-0.05, 0) is 19.9 Å². The minimum atomic E-state index is -0.352. The van der Waals surface area contributed by atoms with Crippen LogP contribution in [0.25, 0.3) is 0 Å². The molecule has 2 N–H and O–H groups in total. The van der Waals surface area contributed by atoms with E-state index in [4.69, 9.17) is 0 Å². The third-order valence-corrected chi connectivity index (χ3v) is 2.00. The molecule has 0 heterocycles. The molecule has 13 heavy (non-hydrogen) atoms. The number of rotatable bonds is 6. The van der Waals surface area contributed by atoms with Gasteiger partial charge in [0.2, 0.25) is 5.91 Å². The van der Waals surface area contributed by atoms with Crippen LogP contribution in [0.4, 0.5) is 0 Å². The summed E-state index contributed by atoms with van der Waals surface area (Å²) >= 11 is 0. The van der Waals surface area contributed by atoms with Crippen molar-refractivity contribution in [1.82, 2.24) is 10.6 Å². The number of amides is 1. The molecule has 0 rings (SSSR count). The van der Waals surface area contributed by atoms with Crippen LogP contribution in [0.3, 0.4) is 0 Å². The van der Waals surface area contributed by atoms with Gasteiger partial charge in [0.05, 0.1) is 12.1 Å². The minimum absolute atomic E-state index is 0.107. The lowest BCUT2D eigenvalue weighted by Gasteiger charge is -2.16. The first-order chi connectivity index (χ1) is 6.19. The summed E-state index contributed by atoms with van der Waals surface area (Å²) in [7, 11) is 1.73. The van der Waals surface area contributed by atoms with E-state index in [1.54, 1.807) is 7.05 Å². The summed E-state index contributed by atoms with van der Waals surface area (Å²) in [6.07, 6.45) is 2.12. The normalized spacial score (nSPS) is 14.7. The number of hydrogen-bond donors (Lipinski definition) is 2. The number of hydrogen-bond acceptors (Lipinski definition) is 3. The standard InChI is InChI=1S/C9H18N2O2/c1-4-7(6-12)11-9(13)8(5-2)10-3/h6-8,10H,4-5H2,1-3H3,(H,11,13)/t7-,8?/m0/s1. The molecular formula is C9H18N2O2. The van der Waals surface area contributed by atoms with Gasteiger partial charge in [-0.1, -0.05) is 13.8 Å². The fourth-order valence-corrected chi connectivity index (χ4v) is 1.04. The number of carbonyl (C=O) groups excluding carboxylic acids is 2. The quantitative estimate of drug-likeness (QED) is 0.577. The van der Waals surface area contributed by atoms with Crippen LogP contribution < -0.4 is 10.6 Å². The van der Waals surface area contributed by atoms with Gasteiger partial charge in [-0.15, -0.1) is 0 Å². The zero-order valence-corrected chi connectivity index (χ0v) is 8.46. The van der Waals surface area contributed by atoms with Gasteiger partial charge >= 0.3 is 0 Å². The monoisotopic (exact) mass is 186 g/mol. The van der Waals surface area contributed by atoms with E-state index in [0.29, 0.717) is 6.42 Å². The molecule has 4 heteroatoms. The average molecular weight is 186 g/mol. The summed E-state index contributed by atoms with van der Waals surface area (Å²) in [5.74, 6) is -0.107. The van der Waals surface area contributed by atoms with Gasteiger partial charge in [0.25, 0.3) is 0 Å². The van der Waals surface area contributed by atoms with Crippen LogP contribution >= 0.6 is 0 Å². The van der Waals surface area contributed by atoms with Gasteiger partial charge in [0.1, 0.15) is 6.29 Å². The molecule has 0 aliphatic rings. The van der Waals surface area contributed by atoms with E-state index in [1.807, 2.05) is 13.8 Å². The van der Waals surface area contributed by atoms with Crippen molar-refractivity contribution in [2.24, 2.45) is 0 Å². The van der Waals surface area contributed by atoms with Crippen molar-refractivity contribution in [2.75, 3.05) is 7.05 Å². The van der Waals surface area contributed by atoms with E-state index < -0.39 is 0 Å². The Bertz CT molecular complexity index is 167. The average Bonchev–Trinajstić information content (AvgIpc) is 2.16. The molecule has 0 aliphatic carbocycles. The highest BCUT2D eigenvalue weighted by Crippen LogP contribution is 1.92. The van der Waals surface area contributed by atoms with Crippen LogP contribution in [-0.4, -0.2) is 31.3 Å². The van der Waals surface area contributed by atoms with Crippen LogP contribution in [-0.2, 0) is 9.59 Å². The van der Waals surface area contributed by atoms with E-state index in [1.165, 1.54) is 0 Å². The number of carbonyl (C=O) groups is 2. The molecule has 0 aromatic heterocycles. The summed E-state index contributed by atoms with van der Waals surface area (Å²) < 4.78 is 0. The largest absolute Gasteiger partial charge is 0.345 e. The molecule has 0 saturated heterocycles. The molecule has 0 fully saturated rings. The second-order valence-electron chi connectivity index (χ2n) is 2.91. The fourth-order valence-electron chi connectivity index (χ4n) is 1.04. The maximum atomic E-state index is 11.4. The second kappa shape index (κ2) is 6.60. The lowest BCUT2D eigenvalue weighted by Crippen LogP contribution is -2.46. The lowest BCUT2D eigenvalue weighted by atomic mass is 10.2. The maximum absolute atomic E-state index is 11.4. The first kappa shape index (κ1) is 12.1. The maximum Gasteiger partial charge on any atom is 0.237 e. The Hall–Kier alpha value is -0.900. The highest BCUT2D eigenvalue weighted by molar-refractivity contribution is 5.84. The molecule has 1 amide bonds. The third kappa shape index (κ3) is 4.03. The number of aldehydes is 1. The topological polar surface area (TPSA) is 58.2 Å². The van der Waals surface area contributed by atoms with Crippen LogP contribution in [0.1, 0.15) is 26.7 Å². The Kier molecular flexibility index (Phi) is 6.14. The Labute approximate surface area is 79.1 Å². The van der Waals surface area contributed by atoms with E-state index >= 15 is 0 Å². The summed E-state index contributed by atoms with van der Waals surface area (Å²) in [5, 5.41) is 5.53. The predicted molar refractivity (Wildman–Crippen MR) is 51.4 cm³/mol. The lowest BCUT2D eigenvalue weighted by molar-refractivity contribution is -0.125. The molecule has 0 saturated carbocycles. The van der Waals surface area contributed by atoms with Crippen molar-refractivity contribution in [1.29, 1.82) is 0 Å². The summed E-state index contributed by atoms with van der Waals surface area (Å²) in [5.41, 5.74) is 0. The van der Waals surface area contributed by atoms with Gasteiger partial charge in [0.15, 0.2) is 0 Å². The van der Waals surface area contributed by atoms with Crippen LogP contribution in [0.5, 0.6) is 0 Å². The SMILES string of the molecule is CCC(NC)C(=O)N[C@H](C=O)CC. The Morgan fingerprint density at radius 2 is 2.00 bits per heavy atom. The van der Waals surface area contributed by atoms with Crippen molar-refractivity contribution < 1.29 is 9.59 Å². The third-order valence-electron chi connectivity index (χ3n) is 2.00. The number of likely N-dealkylation sites (N-methyl/N-ethyl adjacent to an activating group) is 1. The van der Waals surface area contributed by atoms with Crippen LogP contribution in [0.2, 0.25) is 0 Å². The van der Waals surface area contributed by atoms with E-state index in [2.05, 4.69) is 10.6 Å². The molecule has 0 aromatic rings. The molecule has 1 unspecified atom stereocenters. The zero-order valence-electron chi connectivity index (χ0n) is 8.46. The summed E-state index contributed by atoms with van der Waals surface area (Å²) in [6, 6.07) is -0.552. The molecular weight excluding hydrogens is 168 g/mol. The van der Waals surface area contributed by atoms with E-state index in [-0.39, 0.29) is 18.0 Å². The van der Waals surface area contributed by atoms with E-state index in [0.717, 1.165) is 12.7 Å². The predicted octanol–water partition coefficient (Wildman–Crippen LogP) is 0.0781. The van der Waals surface area contributed by atoms with Crippen molar-refractivity contribution >= 4 is 12.2 Å². The molecule has 0 aromatic carbocycles. The fraction of sp³-hybridized carbons (Fsp3) is 0.778. The van der Waals surface area contributed by atoms with Crippen molar-refractivity contribution in [3.63, 3.8) is 0 Å². The molecule has 4 nitrogen and oxygen atoms in total. The molecule has 0 aliphatic heterocycles. The van der Waals surface area contributed by atoms with Gasteiger partial charge in [0, 0.05) is 0 Å². The minimum Gasteiger partial charge on any atom is -0.345 e. The second-order valence-corrected chi connectivity index (χ2v) is 2.91. The van der Waals surface area contributed by atoms with Gasteiger partial charge in [-0.2, -0.15) is 0 Å². The van der Waals surface area contributed by atoms with Gasteiger partial charge < -0.3 is 15.4 Å². The van der Waals surface area contributed by atoms with Gasteiger partial charge in [-0.3, -0.25) is 4.79 Å². The number of nitrogens with one attached hydrogen (secondary N) is 2. The Balaban J connectivity index is 4.02. The summed E-state index contributed by atoms with van der Waals surface area (Å²) in [6.45, 7) is 3.78. The first-order valence-corrected chi connectivity index (χ1v) is 4.62. The smallest absolute Gasteiger partial charge is 0.237 e. The zero-order chi connectivity index (χ0) is 10.3. The molecule has 0 radical (unpaired) electrons. The summed E-state index contributed by atoms with van der Waals surface area (Å²) in [4.78, 5) is 21.8. The van der Waals surface area contributed by atoms with Crippen LogP contribution in [0.15, 0.2) is 0 Å².